The molecule has 0 aromatic carbocycles. The Morgan fingerprint density at radius 1 is 1.33 bits per heavy atom. The van der Waals surface area contributed by atoms with Gasteiger partial charge in [-0.1, -0.05) is 13.8 Å². The maximum absolute atomic E-state index is 12.0. The van der Waals surface area contributed by atoms with Gasteiger partial charge in [0.15, 0.2) is 0 Å². The van der Waals surface area contributed by atoms with Crippen molar-refractivity contribution in [3.63, 3.8) is 0 Å². The van der Waals surface area contributed by atoms with Gasteiger partial charge in [-0.15, -0.1) is 0 Å². The van der Waals surface area contributed by atoms with Crippen LogP contribution in [-0.4, -0.2) is 53.4 Å². The third kappa shape index (κ3) is 2.11. The Hall–Kier alpha value is -1.10. The van der Waals surface area contributed by atoms with Crippen molar-refractivity contribution in [2.45, 2.75) is 45.1 Å². The van der Waals surface area contributed by atoms with Crippen LogP contribution in [0.25, 0.3) is 0 Å². The van der Waals surface area contributed by atoms with Gasteiger partial charge in [-0.05, 0) is 38.8 Å². The highest BCUT2D eigenvalue weighted by Crippen LogP contribution is 2.33. The molecule has 102 valence electrons. The predicted molar refractivity (Wildman–Crippen MR) is 72.0 cm³/mol. The maximum atomic E-state index is 12.0. The van der Waals surface area contributed by atoms with Crippen molar-refractivity contribution in [2.24, 2.45) is 0 Å². The summed E-state index contributed by atoms with van der Waals surface area (Å²) in [6, 6.07) is -0.0770. The zero-order valence-electron chi connectivity index (χ0n) is 11.5. The number of carbonyl (C=O) groups is 1. The summed E-state index contributed by atoms with van der Waals surface area (Å²) in [5, 5.41) is 10.9. The lowest BCUT2D eigenvalue weighted by molar-refractivity contribution is 0.161. The second kappa shape index (κ2) is 5.26. The van der Waals surface area contributed by atoms with Crippen LogP contribution in [-0.2, 0) is 0 Å². The molecule has 2 aliphatic rings. The van der Waals surface area contributed by atoms with E-state index in [2.05, 4.69) is 24.1 Å². The molecule has 0 saturated carbocycles. The summed E-state index contributed by atoms with van der Waals surface area (Å²) in [6.45, 7) is 8.12. The number of nitrogens with zero attached hydrogens (tertiary/aromatic N) is 2. The number of carbonyl (C=O) groups excluding carboxylic acids is 1. The fourth-order valence-electron chi connectivity index (χ4n) is 3.17. The highest BCUT2D eigenvalue weighted by Gasteiger charge is 2.49. The summed E-state index contributed by atoms with van der Waals surface area (Å²) < 4.78 is 0. The standard InChI is InChI=1S/C13H24N4O/c1-3-8-17-12(18)15-11(14)13(17)6-5-9-16(4-2)10-7-13/h3-10H2,1-2H3,(H2,14,15,18). The third-order valence-corrected chi connectivity index (χ3v) is 4.26. The average Bonchev–Trinajstić information content (AvgIpc) is 2.55. The molecule has 2 saturated heterocycles. The number of amidine groups is 1. The lowest BCUT2D eigenvalue weighted by Crippen LogP contribution is -2.50. The number of rotatable bonds is 3. The first kappa shape index (κ1) is 13.3. The molecule has 2 fully saturated rings. The fraction of sp³-hybridized carbons (Fsp3) is 0.846. The van der Waals surface area contributed by atoms with Crippen molar-refractivity contribution in [3.05, 3.63) is 0 Å². The van der Waals surface area contributed by atoms with Crippen LogP contribution in [0.1, 0.15) is 39.5 Å². The topological polar surface area (TPSA) is 59.4 Å². The molecule has 1 spiro atoms. The van der Waals surface area contributed by atoms with Gasteiger partial charge in [0.25, 0.3) is 0 Å². The van der Waals surface area contributed by atoms with Crippen molar-refractivity contribution >= 4 is 11.9 Å². The summed E-state index contributed by atoms with van der Waals surface area (Å²) in [4.78, 5) is 16.3. The minimum atomic E-state index is -0.350. The first-order chi connectivity index (χ1) is 8.64. The van der Waals surface area contributed by atoms with Crippen LogP contribution in [0.5, 0.6) is 0 Å². The van der Waals surface area contributed by atoms with E-state index in [0.717, 1.165) is 51.9 Å². The Morgan fingerprint density at radius 3 is 2.78 bits per heavy atom. The van der Waals surface area contributed by atoms with Crippen LogP contribution in [0.15, 0.2) is 0 Å². The largest absolute Gasteiger partial charge is 0.323 e. The van der Waals surface area contributed by atoms with E-state index in [1.807, 2.05) is 4.90 Å². The van der Waals surface area contributed by atoms with Crippen LogP contribution >= 0.6 is 0 Å². The summed E-state index contributed by atoms with van der Waals surface area (Å²) >= 11 is 0. The van der Waals surface area contributed by atoms with Crippen LogP contribution in [0.2, 0.25) is 0 Å². The normalized spacial score (nSPS) is 29.8. The summed E-state index contributed by atoms with van der Waals surface area (Å²) in [7, 11) is 0. The fourth-order valence-corrected chi connectivity index (χ4v) is 3.17. The molecule has 0 aliphatic carbocycles. The van der Waals surface area contributed by atoms with Gasteiger partial charge in [0, 0.05) is 13.1 Å². The molecule has 2 aliphatic heterocycles. The van der Waals surface area contributed by atoms with Gasteiger partial charge in [-0.2, -0.15) is 0 Å². The molecule has 5 nitrogen and oxygen atoms in total. The lowest BCUT2D eigenvalue weighted by Gasteiger charge is -2.35. The molecule has 2 N–H and O–H groups in total. The number of amides is 2. The predicted octanol–water partition coefficient (Wildman–Crippen LogP) is 1.64. The average molecular weight is 252 g/mol. The molecule has 2 amide bonds. The molecular weight excluding hydrogens is 228 g/mol. The van der Waals surface area contributed by atoms with Crippen LogP contribution in [0.4, 0.5) is 4.79 Å². The minimum absolute atomic E-state index is 0.0770. The summed E-state index contributed by atoms with van der Waals surface area (Å²) in [6.07, 6.45) is 3.81. The van der Waals surface area contributed by atoms with Crippen LogP contribution in [0.3, 0.4) is 0 Å². The van der Waals surface area contributed by atoms with E-state index in [-0.39, 0.29) is 11.6 Å². The van der Waals surface area contributed by atoms with Gasteiger partial charge >= 0.3 is 6.03 Å². The van der Waals surface area contributed by atoms with Gasteiger partial charge < -0.3 is 9.80 Å². The van der Waals surface area contributed by atoms with Gasteiger partial charge in [0.05, 0.1) is 0 Å². The molecule has 2 rings (SSSR count). The molecule has 5 heteroatoms. The smallest absolute Gasteiger partial charge is 0.312 e. The molecular formula is C13H24N4O. The minimum Gasteiger partial charge on any atom is -0.312 e. The Morgan fingerprint density at radius 2 is 2.11 bits per heavy atom. The number of nitrogens with one attached hydrogen (secondary N) is 2. The Bertz CT molecular complexity index is 344. The lowest BCUT2D eigenvalue weighted by atomic mass is 9.88. The monoisotopic (exact) mass is 252 g/mol. The van der Waals surface area contributed by atoms with Crippen LogP contribution < -0.4 is 5.32 Å². The van der Waals surface area contributed by atoms with E-state index in [1.165, 1.54) is 0 Å². The molecule has 1 atom stereocenters. The Kier molecular flexibility index (Phi) is 3.90. The Balaban J connectivity index is 2.20. The molecule has 18 heavy (non-hydrogen) atoms. The van der Waals surface area contributed by atoms with E-state index in [9.17, 15) is 4.79 Å². The van der Waals surface area contributed by atoms with E-state index in [1.54, 1.807) is 0 Å². The quantitative estimate of drug-likeness (QED) is 0.802. The van der Waals surface area contributed by atoms with Crippen LogP contribution in [0, 0.1) is 5.41 Å². The second-order valence-electron chi connectivity index (χ2n) is 5.28. The maximum Gasteiger partial charge on any atom is 0.323 e. The molecule has 0 bridgehead atoms. The van der Waals surface area contributed by atoms with E-state index >= 15 is 0 Å². The number of urea groups is 1. The van der Waals surface area contributed by atoms with Crippen molar-refractivity contribution in [2.75, 3.05) is 26.2 Å². The first-order valence-electron chi connectivity index (χ1n) is 7.04. The molecule has 1 unspecified atom stereocenters. The van der Waals surface area contributed by atoms with E-state index in [0.29, 0.717) is 5.84 Å². The molecule has 2 heterocycles. The zero-order chi connectivity index (χ0) is 13.2. The van der Waals surface area contributed by atoms with Gasteiger partial charge in [-0.25, -0.2) is 4.79 Å². The SMILES string of the molecule is CCCN1C(=O)NC(=N)C12CCCN(CC)CC2. The summed E-state index contributed by atoms with van der Waals surface area (Å²) in [5.74, 6) is 0.416. The van der Waals surface area contributed by atoms with Gasteiger partial charge in [0.1, 0.15) is 11.4 Å². The number of hydrogen-bond acceptors (Lipinski definition) is 3. The number of hydrogen-bond donors (Lipinski definition) is 2. The van der Waals surface area contributed by atoms with Gasteiger partial charge in [0.2, 0.25) is 0 Å². The van der Waals surface area contributed by atoms with E-state index < -0.39 is 0 Å². The highest BCUT2D eigenvalue weighted by molar-refractivity contribution is 6.08. The molecule has 0 radical (unpaired) electrons. The van der Waals surface area contributed by atoms with Crippen molar-refractivity contribution in [3.8, 4) is 0 Å². The number of likely N-dealkylation sites (tertiary alicyclic amines) is 1. The highest BCUT2D eigenvalue weighted by atomic mass is 16.2. The van der Waals surface area contributed by atoms with Crippen molar-refractivity contribution < 1.29 is 4.79 Å². The van der Waals surface area contributed by atoms with E-state index in [4.69, 9.17) is 5.41 Å². The zero-order valence-corrected chi connectivity index (χ0v) is 11.5. The summed E-state index contributed by atoms with van der Waals surface area (Å²) in [5.41, 5.74) is -0.350. The molecule has 0 aromatic heterocycles. The van der Waals surface area contributed by atoms with Crippen molar-refractivity contribution in [1.29, 1.82) is 5.41 Å². The third-order valence-electron chi connectivity index (χ3n) is 4.26. The van der Waals surface area contributed by atoms with Gasteiger partial charge in [-0.3, -0.25) is 10.7 Å². The Labute approximate surface area is 109 Å². The first-order valence-corrected chi connectivity index (χ1v) is 7.04. The molecule has 0 aromatic rings. The second-order valence-corrected chi connectivity index (χ2v) is 5.28. The van der Waals surface area contributed by atoms with Crippen molar-refractivity contribution in [1.82, 2.24) is 15.1 Å².